The molecule has 6 rings (SSSR count). The van der Waals surface area contributed by atoms with Crippen LogP contribution in [0.15, 0.2) is 165 Å². The Kier molecular flexibility index (Phi) is 10.8. The van der Waals surface area contributed by atoms with E-state index in [2.05, 4.69) is 9.97 Å². The Morgan fingerprint density at radius 3 is 1.53 bits per heavy atom. The van der Waals surface area contributed by atoms with Crippen LogP contribution in [0.25, 0.3) is 0 Å². The second kappa shape index (κ2) is 15.4. The predicted molar refractivity (Wildman–Crippen MR) is 199 cm³/mol. The highest BCUT2D eigenvalue weighted by Gasteiger charge is 2.39. The molecule has 2 aromatic heterocycles. The van der Waals surface area contributed by atoms with Crippen LogP contribution in [-0.2, 0) is 27.0 Å². The number of nitrogens with zero attached hydrogens (tertiary/aromatic N) is 2. The third-order valence-electron chi connectivity index (χ3n) is 7.58. The first-order valence-electron chi connectivity index (χ1n) is 16.4. The summed E-state index contributed by atoms with van der Waals surface area (Å²) >= 11 is 0. The number of benzene rings is 4. The van der Waals surface area contributed by atoms with Crippen LogP contribution in [0, 0.1) is 6.92 Å². The average Bonchev–Trinajstić information content (AvgIpc) is 3.13. The SMILES string of the molecule is Cc1ccc(S(=O)(=O)OS(c2ccc(OC(C)(C)C)cc2)(c2cccc(OCc3ccccn3)c2)c2cccc(OCc3ccccn3)c2)cc1. The Morgan fingerprint density at radius 1 is 0.549 bits per heavy atom. The first-order chi connectivity index (χ1) is 24.5. The van der Waals surface area contributed by atoms with Crippen molar-refractivity contribution < 1.29 is 26.3 Å². The Morgan fingerprint density at radius 2 is 1.06 bits per heavy atom. The summed E-state index contributed by atoms with van der Waals surface area (Å²) < 4.78 is 54.1. The minimum absolute atomic E-state index is 0.0442. The molecular weight excluding hydrogens is 681 g/mol. The number of ether oxygens (including phenoxy) is 3. The molecule has 262 valence electrons. The standard InChI is InChI=1S/C41H40N2O6S2/c1-31-17-21-38(22-18-31)51(44,45)49-50(37-23-19-34(20-24-37)48-41(2,3)4,39-15-9-13-35(27-39)46-29-32-11-5-7-25-42-32)40-16-10-14-36(28-40)47-30-33-12-6-8-26-43-33/h5-28H,29-30H2,1-4H3. The van der Waals surface area contributed by atoms with Gasteiger partial charge in [-0.3, -0.25) is 9.97 Å². The summed E-state index contributed by atoms with van der Waals surface area (Å²) in [5.41, 5.74) is 2.01. The molecule has 0 aliphatic carbocycles. The van der Waals surface area contributed by atoms with Gasteiger partial charge in [0.1, 0.15) is 36.1 Å². The number of aryl methyl sites for hydroxylation is 1. The summed E-state index contributed by atoms with van der Waals surface area (Å²) in [5, 5.41) is 0. The third kappa shape index (κ3) is 8.96. The highest BCUT2D eigenvalue weighted by atomic mass is 32.3. The molecule has 0 N–H and O–H groups in total. The second-order valence-electron chi connectivity index (χ2n) is 12.7. The van der Waals surface area contributed by atoms with Gasteiger partial charge in [-0.05, 0) is 135 Å². The molecule has 2 heterocycles. The number of hydrogen-bond acceptors (Lipinski definition) is 8. The highest BCUT2D eigenvalue weighted by Crippen LogP contribution is 2.71. The fraction of sp³-hybridized carbons (Fsp3) is 0.171. The van der Waals surface area contributed by atoms with Crippen LogP contribution in [0.5, 0.6) is 17.2 Å². The molecule has 0 fully saturated rings. The fourth-order valence-corrected chi connectivity index (χ4v) is 10.5. The van der Waals surface area contributed by atoms with Crippen LogP contribution < -0.4 is 14.2 Å². The van der Waals surface area contributed by atoms with Crippen LogP contribution in [0.3, 0.4) is 0 Å². The summed E-state index contributed by atoms with van der Waals surface area (Å²) in [4.78, 5) is 10.6. The summed E-state index contributed by atoms with van der Waals surface area (Å²) in [7, 11) is -7.40. The van der Waals surface area contributed by atoms with Gasteiger partial charge < -0.3 is 14.2 Å². The third-order valence-corrected chi connectivity index (χ3v) is 12.7. The maximum absolute atomic E-state index is 14.4. The van der Waals surface area contributed by atoms with Crippen molar-refractivity contribution in [1.29, 1.82) is 0 Å². The first kappa shape index (κ1) is 35.7. The van der Waals surface area contributed by atoms with Gasteiger partial charge in [0.25, 0.3) is 0 Å². The zero-order valence-electron chi connectivity index (χ0n) is 28.9. The zero-order valence-corrected chi connectivity index (χ0v) is 30.6. The molecule has 0 aliphatic heterocycles. The summed E-state index contributed by atoms with van der Waals surface area (Å²) in [6.07, 6.45) is 3.42. The van der Waals surface area contributed by atoms with Crippen LogP contribution in [0.2, 0.25) is 0 Å². The number of hydrogen-bond donors (Lipinski definition) is 0. The van der Waals surface area contributed by atoms with Gasteiger partial charge >= 0.3 is 10.1 Å². The second-order valence-corrected chi connectivity index (χ2v) is 17.2. The maximum atomic E-state index is 14.4. The topological polar surface area (TPSA) is 96.8 Å². The monoisotopic (exact) mass is 720 g/mol. The molecule has 0 amide bonds. The minimum atomic E-state index is -4.35. The Hall–Kier alpha value is -5.16. The number of rotatable bonds is 13. The average molecular weight is 721 g/mol. The predicted octanol–water partition coefficient (Wildman–Crippen LogP) is 9.72. The van der Waals surface area contributed by atoms with E-state index in [4.69, 9.17) is 17.8 Å². The molecule has 51 heavy (non-hydrogen) atoms. The number of pyridine rings is 2. The van der Waals surface area contributed by atoms with Crippen molar-refractivity contribution >= 4 is 20.4 Å². The summed E-state index contributed by atoms with van der Waals surface area (Å²) in [6, 6.07) is 40.1. The van der Waals surface area contributed by atoms with Gasteiger partial charge in [-0.15, -0.1) is 0 Å². The van der Waals surface area contributed by atoms with Gasteiger partial charge in [0, 0.05) is 27.1 Å². The molecule has 0 aliphatic rings. The number of aromatic nitrogens is 2. The van der Waals surface area contributed by atoms with Crippen molar-refractivity contribution in [2.24, 2.45) is 0 Å². The molecule has 0 saturated carbocycles. The zero-order chi connectivity index (χ0) is 35.9. The molecular formula is C41H40N2O6S2. The van der Waals surface area contributed by atoms with E-state index in [0.717, 1.165) is 17.0 Å². The van der Waals surface area contributed by atoms with E-state index in [1.165, 1.54) is 0 Å². The van der Waals surface area contributed by atoms with Gasteiger partial charge in [0.2, 0.25) is 0 Å². The van der Waals surface area contributed by atoms with Crippen molar-refractivity contribution in [3.05, 3.63) is 163 Å². The van der Waals surface area contributed by atoms with Gasteiger partial charge in [0.05, 0.1) is 16.3 Å². The Bertz CT molecular complexity index is 2070. The minimum Gasteiger partial charge on any atom is -0.488 e. The van der Waals surface area contributed by atoms with Crippen molar-refractivity contribution in [1.82, 2.24) is 9.97 Å². The summed E-state index contributed by atoms with van der Waals surface area (Å²) in [5.74, 6) is 1.70. The quantitative estimate of drug-likeness (QED) is 0.116. The van der Waals surface area contributed by atoms with Crippen molar-refractivity contribution in [2.45, 2.75) is 66.1 Å². The van der Waals surface area contributed by atoms with Crippen LogP contribution in [0.1, 0.15) is 37.7 Å². The molecule has 6 aromatic rings. The van der Waals surface area contributed by atoms with E-state index in [-0.39, 0.29) is 18.1 Å². The van der Waals surface area contributed by atoms with Gasteiger partial charge in [-0.25, -0.2) is 3.63 Å². The Balaban J connectivity index is 1.52. The maximum Gasteiger partial charge on any atom is 0.307 e. The summed E-state index contributed by atoms with van der Waals surface area (Å²) in [6.45, 7) is 8.28. The van der Waals surface area contributed by atoms with Crippen molar-refractivity contribution in [2.75, 3.05) is 0 Å². The molecule has 0 spiro atoms. The Labute approximate surface area is 301 Å². The molecule has 10 heteroatoms. The molecule has 4 aromatic carbocycles. The van der Waals surface area contributed by atoms with Crippen molar-refractivity contribution in [3.63, 3.8) is 0 Å². The van der Waals surface area contributed by atoms with Crippen LogP contribution in [-0.4, -0.2) is 24.0 Å². The fourth-order valence-electron chi connectivity index (χ4n) is 5.22. The lowest BCUT2D eigenvalue weighted by atomic mass is 10.2. The molecule has 8 nitrogen and oxygen atoms in total. The van der Waals surface area contributed by atoms with E-state index >= 15 is 0 Å². The lowest BCUT2D eigenvalue weighted by molar-refractivity contribution is 0.131. The molecule has 0 radical (unpaired) electrons. The van der Waals surface area contributed by atoms with Gasteiger partial charge in [0.15, 0.2) is 0 Å². The normalized spacial score (nSPS) is 12.2. The molecule has 0 unspecified atom stereocenters. The van der Waals surface area contributed by atoms with E-state index in [0.29, 0.717) is 31.9 Å². The highest BCUT2D eigenvalue weighted by molar-refractivity contribution is 8.33. The largest absolute Gasteiger partial charge is 0.488 e. The molecule has 0 bridgehead atoms. The van der Waals surface area contributed by atoms with Crippen molar-refractivity contribution in [3.8, 4) is 17.2 Å². The van der Waals surface area contributed by atoms with Crippen LogP contribution >= 0.6 is 10.3 Å². The van der Waals surface area contributed by atoms with Gasteiger partial charge in [-0.2, -0.15) is 8.42 Å². The van der Waals surface area contributed by atoms with E-state index in [9.17, 15) is 8.42 Å². The van der Waals surface area contributed by atoms with Gasteiger partial charge in [-0.1, -0.05) is 42.0 Å². The molecule has 0 atom stereocenters. The van der Waals surface area contributed by atoms with E-state index in [1.54, 1.807) is 36.7 Å². The van der Waals surface area contributed by atoms with E-state index < -0.39 is 26.0 Å². The molecule has 0 saturated heterocycles. The first-order valence-corrected chi connectivity index (χ1v) is 19.4. The lowest BCUT2D eigenvalue weighted by Crippen LogP contribution is -2.22. The van der Waals surface area contributed by atoms with Crippen LogP contribution in [0.4, 0.5) is 0 Å². The van der Waals surface area contributed by atoms with E-state index in [1.807, 2.05) is 137 Å². The lowest BCUT2D eigenvalue weighted by Gasteiger charge is -2.39. The smallest absolute Gasteiger partial charge is 0.307 e.